The zero-order valence-corrected chi connectivity index (χ0v) is 12.7. The minimum atomic E-state index is -0.324. The van der Waals surface area contributed by atoms with Crippen molar-refractivity contribution < 1.29 is 8.91 Å². The van der Waals surface area contributed by atoms with Gasteiger partial charge in [0.15, 0.2) is 0 Å². The van der Waals surface area contributed by atoms with Crippen LogP contribution in [0, 0.1) is 5.82 Å². The molecular weight excluding hydrogens is 337 g/mol. The van der Waals surface area contributed by atoms with Gasteiger partial charge in [-0.25, -0.2) is 4.39 Å². The Morgan fingerprint density at radius 3 is 2.71 bits per heavy atom. The molecule has 0 bridgehead atoms. The first-order valence-electron chi connectivity index (χ1n) is 6.25. The van der Waals surface area contributed by atoms with Gasteiger partial charge in [0.05, 0.1) is 5.56 Å². The molecule has 21 heavy (non-hydrogen) atoms. The lowest BCUT2D eigenvalue weighted by atomic mass is 10.1. The topological polar surface area (TPSA) is 51.0 Å². The molecule has 0 aliphatic rings. The van der Waals surface area contributed by atoms with Gasteiger partial charge in [0.1, 0.15) is 5.82 Å². The summed E-state index contributed by atoms with van der Waals surface area (Å²) in [5.74, 6) is 0.490. The fourth-order valence-electron chi connectivity index (χ4n) is 2.00. The first-order chi connectivity index (χ1) is 10.2. The number of anilines is 1. The van der Waals surface area contributed by atoms with Gasteiger partial charge in [-0.1, -0.05) is 17.3 Å². The van der Waals surface area contributed by atoms with Gasteiger partial charge >= 0.3 is 0 Å². The van der Waals surface area contributed by atoms with Crippen LogP contribution in [0.25, 0.3) is 22.8 Å². The van der Waals surface area contributed by atoms with E-state index in [-0.39, 0.29) is 5.82 Å². The molecular formula is C15H11BrFN3O. The number of nitrogens with one attached hydrogen (secondary N) is 1. The second-order valence-corrected chi connectivity index (χ2v) is 5.20. The summed E-state index contributed by atoms with van der Waals surface area (Å²) in [5, 5.41) is 7.04. The third-order valence-corrected chi connectivity index (χ3v) is 3.68. The van der Waals surface area contributed by atoms with E-state index >= 15 is 0 Å². The van der Waals surface area contributed by atoms with E-state index < -0.39 is 0 Å². The van der Waals surface area contributed by atoms with Crippen LogP contribution in [0.1, 0.15) is 0 Å². The quantitative estimate of drug-likeness (QED) is 0.765. The zero-order valence-electron chi connectivity index (χ0n) is 11.1. The third-order valence-electron chi connectivity index (χ3n) is 3.02. The number of nitrogens with zero attached hydrogens (tertiary/aromatic N) is 2. The molecule has 3 rings (SSSR count). The molecule has 0 saturated carbocycles. The van der Waals surface area contributed by atoms with Crippen LogP contribution < -0.4 is 5.32 Å². The van der Waals surface area contributed by atoms with E-state index in [2.05, 4.69) is 31.4 Å². The SMILES string of the molecule is CNc1ccccc1-c1nc(-c2ccc(F)cc2Br)no1. The van der Waals surface area contributed by atoms with Crippen molar-refractivity contribution in [1.29, 1.82) is 0 Å². The highest BCUT2D eigenvalue weighted by atomic mass is 79.9. The Morgan fingerprint density at radius 2 is 1.95 bits per heavy atom. The van der Waals surface area contributed by atoms with Crippen LogP contribution in [-0.2, 0) is 0 Å². The fraction of sp³-hybridized carbons (Fsp3) is 0.0667. The summed E-state index contributed by atoms with van der Waals surface area (Å²) in [7, 11) is 1.83. The van der Waals surface area contributed by atoms with Crippen molar-refractivity contribution in [1.82, 2.24) is 10.1 Å². The van der Waals surface area contributed by atoms with E-state index in [1.807, 2.05) is 31.3 Å². The van der Waals surface area contributed by atoms with Crippen molar-refractivity contribution in [3.63, 3.8) is 0 Å². The van der Waals surface area contributed by atoms with Gasteiger partial charge in [0, 0.05) is 22.8 Å². The number of rotatable bonds is 3. The van der Waals surface area contributed by atoms with E-state index in [4.69, 9.17) is 4.52 Å². The molecule has 0 aliphatic carbocycles. The lowest BCUT2D eigenvalue weighted by molar-refractivity contribution is 0.432. The Bertz CT molecular complexity index is 788. The first kappa shape index (κ1) is 13.8. The molecule has 2 aromatic carbocycles. The lowest BCUT2D eigenvalue weighted by Gasteiger charge is -2.03. The minimum Gasteiger partial charge on any atom is -0.387 e. The number of hydrogen-bond donors (Lipinski definition) is 1. The van der Waals surface area contributed by atoms with Gasteiger partial charge in [0.25, 0.3) is 5.89 Å². The molecule has 0 unspecified atom stereocenters. The summed E-state index contributed by atoms with van der Waals surface area (Å²) in [4.78, 5) is 4.38. The lowest BCUT2D eigenvalue weighted by Crippen LogP contribution is -1.91. The number of hydrogen-bond acceptors (Lipinski definition) is 4. The van der Waals surface area contributed by atoms with E-state index in [0.717, 1.165) is 11.3 Å². The van der Waals surface area contributed by atoms with E-state index in [1.165, 1.54) is 12.1 Å². The van der Waals surface area contributed by atoms with Crippen LogP contribution in [0.4, 0.5) is 10.1 Å². The monoisotopic (exact) mass is 347 g/mol. The predicted molar refractivity (Wildman–Crippen MR) is 82.4 cm³/mol. The van der Waals surface area contributed by atoms with Gasteiger partial charge in [0.2, 0.25) is 5.82 Å². The molecule has 0 spiro atoms. The maximum absolute atomic E-state index is 13.1. The Kier molecular flexibility index (Phi) is 3.70. The maximum Gasteiger partial charge on any atom is 0.260 e. The number of halogens is 2. The molecule has 0 amide bonds. The van der Waals surface area contributed by atoms with Gasteiger partial charge < -0.3 is 9.84 Å². The number of para-hydroxylation sites is 1. The predicted octanol–water partition coefficient (Wildman–Crippen LogP) is 4.35. The molecule has 0 atom stereocenters. The van der Waals surface area contributed by atoms with Crippen molar-refractivity contribution in [3.8, 4) is 22.8 Å². The highest BCUT2D eigenvalue weighted by Gasteiger charge is 2.15. The van der Waals surface area contributed by atoms with Gasteiger partial charge in [-0.3, -0.25) is 0 Å². The summed E-state index contributed by atoms with van der Waals surface area (Å²) in [5.41, 5.74) is 2.39. The second-order valence-electron chi connectivity index (χ2n) is 4.34. The molecule has 1 aromatic heterocycles. The molecule has 3 aromatic rings. The third kappa shape index (κ3) is 2.67. The van der Waals surface area contributed by atoms with Crippen LogP contribution >= 0.6 is 15.9 Å². The second kappa shape index (κ2) is 5.65. The van der Waals surface area contributed by atoms with Crippen LogP contribution in [0.2, 0.25) is 0 Å². The van der Waals surface area contributed by atoms with Crippen molar-refractivity contribution >= 4 is 21.6 Å². The van der Waals surface area contributed by atoms with Crippen LogP contribution in [0.5, 0.6) is 0 Å². The normalized spacial score (nSPS) is 10.6. The highest BCUT2D eigenvalue weighted by molar-refractivity contribution is 9.10. The number of benzene rings is 2. The van der Waals surface area contributed by atoms with Crippen molar-refractivity contribution in [2.75, 3.05) is 12.4 Å². The Balaban J connectivity index is 2.04. The smallest absolute Gasteiger partial charge is 0.260 e. The average Bonchev–Trinajstić information content (AvgIpc) is 2.96. The fourth-order valence-corrected chi connectivity index (χ4v) is 2.53. The van der Waals surface area contributed by atoms with E-state index in [1.54, 1.807) is 6.07 Å². The van der Waals surface area contributed by atoms with Crippen molar-refractivity contribution in [3.05, 3.63) is 52.8 Å². The van der Waals surface area contributed by atoms with E-state index in [0.29, 0.717) is 21.8 Å². The molecule has 0 radical (unpaired) electrons. The number of aromatic nitrogens is 2. The Morgan fingerprint density at radius 1 is 1.14 bits per heavy atom. The summed E-state index contributed by atoms with van der Waals surface area (Å²) in [6.45, 7) is 0. The molecule has 6 heteroatoms. The Hall–Kier alpha value is -2.21. The van der Waals surface area contributed by atoms with Gasteiger partial charge in [-0.05, 0) is 46.3 Å². The van der Waals surface area contributed by atoms with Gasteiger partial charge in [-0.2, -0.15) is 4.98 Å². The van der Waals surface area contributed by atoms with Crippen LogP contribution in [0.3, 0.4) is 0 Å². The maximum atomic E-state index is 13.1. The van der Waals surface area contributed by atoms with Crippen molar-refractivity contribution in [2.45, 2.75) is 0 Å². The van der Waals surface area contributed by atoms with Crippen LogP contribution in [-0.4, -0.2) is 17.2 Å². The molecule has 1 heterocycles. The average molecular weight is 348 g/mol. The first-order valence-corrected chi connectivity index (χ1v) is 7.04. The summed E-state index contributed by atoms with van der Waals surface area (Å²) < 4.78 is 19.0. The molecule has 0 saturated heterocycles. The van der Waals surface area contributed by atoms with Crippen molar-refractivity contribution in [2.24, 2.45) is 0 Å². The summed E-state index contributed by atoms with van der Waals surface area (Å²) >= 11 is 3.30. The highest BCUT2D eigenvalue weighted by Crippen LogP contribution is 2.31. The zero-order chi connectivity index (χ0) is 14.8. The molecule has 0 fully saturated rings. The van der Waals surface area contributed by atoms with Gasteiger partial charge in [-0.15, -0.1) is 0 Å². The standard InChI is InChI=1S/C15H11BrFN3O/c1-18-13-5-3-2-4-11(13)15-19-14(20-21-15)10-7-6-9(17)8-12(10)16/h2-8,18H,1H3. The summed E-state index contributed by atoms with van der Waals surface area (Å²) in [6, 6.07) is 12.0. The molecule has 1 N–H and O–H groups in total. The largest absolute Gasteiger partial charge is 0.387 e. The molecule has 0 aliphatic heterocycles. The minimum absolute atomic E-state index is 0.324. The Labute approximate surface area is 129 Å². The van der Waals surface area contributed by atoms with E-state index in [9.17, 15) is 4.39 Å². The molecule has 106 valence electrons. The summed E-state index contributed by atoms with van der Waals surface area (Å²) in [6.07, 6.45) is 0. The molecule has 4 nitrogen and oxygen atoms in total. The van der Waals surface area contributed by atoms with Crippen LogP contribution in [0.15, 0.2) is 51.5 Å².